The van der Waals surface area contributed by atoms with Crippen LogP contribution in [-0.4, -0.2) is 78.0 Å². The van der Waals surface area contributed by atoms with Gasteiger partial charge in [0.2, 0.25) is 17.7 Å². The average Bonchev–Trinajstić information content (AvgIpc) is 3.54. The fourth-order valence-corrected chi connectivity index (χ4v) is 8.65. The summed E-state index contributed by atoms with van der Waals surface area (Å²) >= 11 is 1.61. The molecule has 4 heterocycles. The van der Waals surface area contributed by atoms with E-state index in [9.17, 15) is 19.5 Å². The van der Waals surface area contributed by atoms with E-state index >= 15 is 0 Å². The zero-order chi connectivity index (χ0) is 24.3. The van der Waals surface area contributed by atoms with Gasteiger partial charge in [-0.1, -0.05) is 24.3 Å². The van der Waals surface area contributed by atoms with E-state index in [1.54, 1.807) is 28.4 Å². The van der Waals surface area contributed by atoms with E-state index in [2.05, 4.69) is 20.9 Å². The van der Waals surface area contributed by atoms with Gasteiger partial charge in [-0.3, -0.25) is 14.4 Å². The van der Waals surface area contributed by atoms with Crippen molar-refractivity contribution in [3.8, 4) is 0 Å². The number of nitrogens with one attached hydrogen (secondary N) is 2. The molecule has 0 saturated carbocycles. The molecule has 3 amide bonds. The molecule has 11 heteroatoms. The van der Waals surface area contributed by atoms with Crippen LogP contribution >= 0.6 is 11.8 Å². The molecular weight excluding hydrogens is 456 g/mol. The summed E-state index contributed by atoms with van der Waals surface area (Å²) in [7, 11) is 1.58. The first kappa shape index (κ1) is 23.1. The Bertz CT molecular complexity index is 1150. The second kappa shape index (κ2) is 8.23. The van der Waals surface area contributed by atoms with Crippen molar-refractivity contribution >= 4 is 40.5 Å². The first-order chi connectivity index (χ1) is 16.3. The van der Waals surface area contributed by atoms with Crippen LogP contribution in [0.3, 0.4) is 0 Å². The average molecular weight is 487 g/mol. The molecule has 182 valence electrons. The smallest absolute Gasteiger partial charge is 0.245 e. The highest BCUT2D eigenvalue weighted by atomic mass is 32.2. The van der Waals surface area contributed by atoms with Crippen LogP contribution in [0.25, 0.3) is 11.0 Å². The maximum absolute atomic E-state index is 13.8. The molecule has 2 aromatic rings. The molecule has 10 nitrogen and oxygen atoms in total. The van der Waals surface area contributed by atoms with Gasteiger partial charge in [0.25, 0.3) is 0 Å². The van der Waals surface area contributed by atoms with Crippen molar-refractivity contribution in [2.75, 3.05) is 13.7 Å². The van der Waals surface area contributed by atoms with Crippen LogP contribution < -0.4 is 10.6 Å². The van der Waals surface area contributed by atoms with Crippen LogP contribution in [0.2, 0.25) is 0 Å². The number of para-hydroxylation sites is 1. The van der Waals surface area contributed by atoms with E-state index < -0.39 is 33.4 Å². The largest absolute Gasteiger partial charge is 0.394 e. The number of likely N-dealkylation sites (tertiary alicyclic amines) is 1. The summed E-state index contributed by atoms with van der Waals surface area (Å²) in [5.74, 6) is -1.78. The molecule has 3 saturated heterocycles. The van der Waals surface area contributed by atoms with Crippen LogP contribution in [0.5, 0.6) is 0 Å². The molecule has 6 atom stereocenters. The van der Waals surface area contributed by atoms with Gasteiger partial charge in [-0.2, -0.15) is 0 Å². The lowest BCUT2D eigenvalue weighted by molar-refractivity contribution is -0.143. The summed E-state index contributed by atoms with van der Waals surface area (Å²) in [4.78, 5) is 42.1. The minimum absolute atomic E-state index is 0.106. The van der Waals surface area contributed by atoms with Gasteiger partial charge in [-0.25, -0.2) is 4.68 Å². The Morgan fingerprint density at radius 3 is 2.76 bits per heavy atom. The highest BCUT2D eigenvalue weighted by Crippen LogP contribution is 2.71. The van der Waals surface area contributed by atoms with Gasteiger partial charge in [-0.15, -0.1) is 16.9 Å². The first-order valence-electron chi connectivity index (χ1n) is 11.7. The van der Waals surface area contributed by atoms with E-state index in [0.717, 1.165) is 17.5 Å². The van der Waals surface area contributed by atoms with Crippen LogP contribution in [0.15, 0.2) is 24.3 Å². The summed E-state index contributed by atoms with van der Waals surface area (Å²) in [5.41, 5.74) is 1.52. The lowest BCUT2D eigenvalue weighted by atomic mass is 9.66. The molecule has 0 aliphatic carbocycles. The van der Waals surface area contributed by atoms with Gasteiger partial charge in [0.15, 0.2) is 0 Å². The summed E-state index contributed by atoms with van der Waals surface area (Å²) in [6.45, 7) is 3.78. The maximum Gasteiger partial charge on any atom is 0.245 e. The number of aromatic nitrogens is 3. The normalized spacial score (nSPS) is 32.8. The Morgan fingerprint density at radius 2 is 2.06 bits per heavy atom. The number of fused-ring (bicyclic) bond motifs is 2. The van der Waals surface area contributed by atoms with Crippen molar-refractivity contribution in [2.45, 2.75) is 61.4 Å². The summed E-state index contributed by atoms with van der Waals surface area (Å²) in [6, 6.07) is 6.21. The third kappa shape index (κ3) is 3.09. The monoisotopic (exact) mass is 486 g/mol. The molecule has 0 radical (unpaired) electrons. The number of benzene rings is 1. The van der Waals surface area contributed by atoms with Gasteiger partial charge in [0.05, 0.1) is 34.7 Å². The van der Waals surface area contributed by atoms with E-state index in [-0.39, 0.29) is 31.0 Å². The van der Waals surface area contributed by atoms with E-state index in [0.29, 0.717) is 12.8 Å². The highest BCUT2D eigenvalue weighted by molar-refractivity contribution is 8.02. The molecule has 1 aromatic heterocycles. The van der Waals surface area contributed by atoms with Crippen LogP contribution in [-0.2, 0) is 21.1 Å². The lowest BCUT2D eigenvalue weighted by Crippen LogP contribution is -2.56. The Labute approximate surface area is 201 Å². The van der Waals surface area contributed by atoms with Crippen LogP contribution in [0.4, 0.5) is 0 Å². The zero-order valence-electron chi connectivity index (χ0n) is 19.5. The Morgan fingerprint density at radius 1 is 1.29 bits per heavy atom. The number of hydrogen-bond acceptors (Lipinski definition) is 7. The minimum atomic E-state index is -0.779. The Balaban J connectivity index is 1.50. The zero-order valence-corrected chi connectivity index (χ0v) is 20.3. The predicted octanol–water partition coefficient (Wildman–Crippen LogP) is 0.503. The number of carbonyl (C=O) groups excluding carboxylic acids is 3. The quantitative estimate of drug-likeness (QED) is 0.520. The van der Waals surface area contributed by atoms with Gasteiger partial charge in [-0.05, 0) is 38.3 Å². The molecule has 3 N–H and O–H groups in total. The van der Waals surface area contributed by atoms with Gasteiger partial charge in [0, 0.05) is 11.8 Å². The number of rotatable bonds is 7. The Kier molecular flexibility index (Phi) is 5.59. The van der Waals surface area contributed by atoms with Crippen LogP contribution in [0, 0.1) is 11.8 Å². The van der Waals surface area contributed by atoms with Crippen molar-refractivity contribution in [3.63, 3.8) is 0 Å². The molecule has 5 rings (SSSR count). The minimum Gasteiger partial charge on any atom is -0.394 e. The van der Waals surface area contributed by atoms with Crippen molar-refractivity contribution < 1.29 is 19.5 Å². The number of amides is 3. The molecule has 3 fully saturated rings. The van der Waals surface area contributed by atoms with E-state index in [1.165, 1.54) is 0 Å². The maximum atomic E-state index is 13.8. The molecule has 3 aliphatic heterocycles. The van der Waals surface area contributed by atoms with Crippen molar-refractivity contribution in [1.82, 2.24) is 30.5 Å². The van der Waals surface area contributed by atoms with Gasteiger partial charge < -0.3 is 20.6 Å². The van der Waals surface area contributed by atoms with Gasteiger partial charge >= 0.3 is 0 Å². The topological polar surface area (TPSA) is 129 Å². The fourth-order valence-electron chi connectivity index (χ4n) is 6.31. The second-order valence-corrected chi connectivity index (χ2v) is 11.5. The van der Waals surface area contributed by atoms with Crippen LogP contribution in [0.1, 0.15) is 33.1 Å². The number of aliphatic hydroxyl groups excluding tert-OH is 1. The van der Waals surface area contributed by atoms with Crippen molar-refractivity contribution in [3.05, 3.63) is 24.3 Å². The molecule has 34 heavy (non-hydrogen) atoms. The molecule has 2 unspecified atom stereocenters. The SMILES string of the molecule is CC[C@@H](CO)N1C(=O)[C@@H]2[C@H](C(=O)NC)[C@]3(C)CCC2(S3)C1C(=O)NCn1nnc2ccccc21. The number of carbonyl (C=O) groups is 3. The number of aliphatic hydroxyl groups is 1. The van der Waals surface area contributed by atoms with E-state index in [4.69, 9.17) is 0 Å². The molecule has 1 spiro atoms. The highest BCUT2D eigenvalue weighted by Gasteiger charge is 2.77. The van der Waals surface area contributed by atoms with Crippen molar-refractivity contribution in [1.29, 1.82) is 0 Å². The summed E-state index contributed by atoms with van der Waals surface area (Å²) < 4.78 is 0.495. The summed E-state index contributed by atoms with van der Waals surface area (Å²) in [6.07, 6.45) is 1.93. The van der Waals surface area contributed by atoms with Crippen molar-refractivity contribution in [2.24, 2.45) is 11.8 Å². The van der Waals surface area contributed by atoms with Gasteiger partial charge in [0.1, 0.15) is 18.2 Å². The molecular formula is C23H30N6O4S. The third-order valence-corrected chi connectivity index (χ3v) is 9.88. The number of thioether (sulfide) groups is 1. The Hall–Kier alpha value is -2.66. The number of nitrogens with zero attached hydrogens (tertiary/aromatic N) is 4. The predicted molar refractivity (Wildman–Crippen MR) is 126 cm³/mol. The second-order valence-electron chi connectivity index (χ2n) is 9.61. The third-order valence-electron chi connectivity index (χ3n) is 7.89. The molecule has 2 bridgehead atoms. The number of hydrogen-bond donors (Lipinski definition) is 3. The lowest BCUT2D eigenvalue weighted by Gasteiger charge is -2.36. The molecule has 1 aromatic carbocycles. The standard InChI is InChI=1S/C23H30N6O4S/c1-4-13(11-30)29-18(20(32)25-12-28-15-8-6-5-7-14(15)26-27-28)23-10-9-22(2,34-23)16(19(31)24-3)17(23)21(29)33/h5-8,13,16-18,30H,4,9-12H2,1-3H3,(H,24,31)(H,25,32)/t13-,16+,17-,18?,22-,23?/m0/s1. The fraction of sp³-hybridized carbons (Fsp3) is 0.609. The first-order valence-corrected chi connectivity index (χ1v) is 12.5. The molecule has 3 aliphatic rings. The van der Waals surface area contributed by atoms with E-state index in [1.807, 2.05) is 38.1 Å². The summed E-state index contributed by atoms with van der Waals surface area (Å²) in [5, 5.41) is 24.0.